The van der Waals surface area contributed by atoms with Crippen molar-refractivity contribution in [3.8, 4) is 5.75 Å². The molecule has 0 fully saturated rings. The van der Waals surface area contributed by atoms with E-state index >= 15 is 0 Å². The third-order valence-corrected chi connectivity index (χ3v) is 3.77. The van der Waals surface area contributed by atoms with Gasteiger partial charge in [0, 0.05) is 22.5 Å². The van der Waals surface area contributed by atoms with Gasteiger partial charge >= 0.3 is 0 Å². The van der Waals surface area contributed by atoms with E-state index in [2.05, 4.69) is 10.6 Å². The highest BCUT2D eigenvalue weighted by Gasteiger charge is 2.08. The van der Waals surface area contributed by atoms with E-state index in [0.717, 1.165) is 0 Å². The molecule has 0 aliphatic carbocycles. The van der Waals surface area contributed by atoms with Crippen molar-refractivity contribution in [1.29, 1.82) is 0 Å². The quantitative estimate of drug-likeness (QED) is 0.727. The Morgan fingerprint density at radius 2 is 1.23 bits per heavy atom. The highest BCUT2D eigenvalue weighted by atomic mass is 16.5. The first kappa shape index (κ1) is 17.2. The van der Waals surface area contributed by atoms with Crippen LogP contribution in [0, 0.1) is 0 Å². The van der Waals surface area contributed by atoms with E-state index in [1.54, 1.807) is 67.8 Å². The Morgan fingerprint density at radius 1 is 0.692 bits per heavy atom. The second-order valence-electron chi connectivity index (χ2n) is 5.58. The number of rotatable bonds is 5. The van der Waals surface area contributed by atoms with E-state index in [9.17, 15) is 9.59 Å². The largest absolute Gasteiger partial charge is 0.497 e. The Morgan fingerprint density at radius 3 is 1.81 bits per heavy atom. The Labute approximate surface area is 151 Å². The van der Waals surface area contributed by atoms with Gasteiger partial charge in [-0.25, -0.2) is 0 Å². The minimum atomic E-state index is -0.232. The lowest BCUT2D eigenvalue weighted by atomic mass is 10.2. The van der Waals surface area contributed by atoms with Gasteiger partial charge in [-0.2, -0.15) is 0 Å². The molecule has 2 amide bonds. The van der Waals surface area contributed by atoms with Gasteiger partial charge in [0.2, 0.25) is 0 Å². The number of carbonyl (C=O) groups excluding carboxylic acids is 2. The van der Waals surface area contributed by atoms with Crippen LogP contribution in [0.25, 0.3) is 0 Å². The molecular weight excluding hydrogens is 328 g/mol. The molecule has 2 N–H and O–H groups in total. The predicted molar refractivity (Wildman–Crippen MR) is 102 cm³/mol. The molecule has 5 nitrogen and oxygen atoms in total. The first-order chi connectivity index (χ1) is 12.7. The summed E-state index contributed by atoms with van der Waals surface area (Å²) in [5, 5.41) is 5.63. The molecule has 0 atom stereocenters. The molecule has 0 radical (unpaired) electrons. The number of anilines is 2. The number of benzene rings is 3. The number of carbonyl (C=O) groups is 2. The summed E-state index contributed by atoms with van der Waals surface area (Å²) in [5.74, 6) is 0.209. The topological polar surface area (TPSA) is 67.4 Å². The minimum absolute atomic E-state index is 0.182. The molecule has 0 aliphatic heterocycles. The SMILES string of the molecule is COc1cccc(C(=O)Nc2ccc(NC(=O)c3ccccc3)cc2)c1. The van der Waals surface area contributed by atoms with E-state index in [1.165, 1.54) is 0 Å². The molecule has 5 heteroatoms. The van der Waals surface area contributed by atoms with Gasteiger partial charge < -0.3 is 15.4 Å². The fourth-order valence-electron chi connectivity index (χ4n) is 2.40. The van der Waals surface area contributed by atoms with Crippen molar-refractivity contribution in [1.82, 2.24) is 0 Å². The summed E-state index contributed by atoms with van der Waals surface area (Å²) < 4.78 is 5.12. The maximum atomic E-state index is 12.3. The summed E-state index contributed by atoms with van der Waals surface area (Å²) in [6.45, 7) is 0. The van der Waals surface area contributed by atoms with E-state index in [4.69, 9.17) is 4.74 Å². The highest BCUT2D eigenvalue weighted by Crippen LogP contribution is 2.17. The second kappa shape index (κ2) is 7.98. The lowest BCUT2D eigenvalue weighted by Gasteiger charge is -2.09. The zero-order valence-electron chi connectivity index (χ0n) is 14.2. The smallest absolute Gasteiger partial charge is 0.255 e. The maximum Gasteiger partial charge on any atom is 0.255 e. The Hall–Kier alpha value is -3.60. The van der Waals surface area contributed by atoms with Gasteiger partial charge in [-0.15, -0.1) is 0 Å². The number of nitrogens with one attached hydrogen (secondary N) is 2. The van der Waals surface area contributed by atoms with Gasteiger partial charge in [0.15, 0.2) is 0 Å². The number of hydrogen-bond donors (Lipinski definition) is 2. The van der Waals surface area contributed by atoms with E-state index in [1.807, 2.05) is 18.2 Å². The molecular formula is C21H18N2O3. The van der Waals surface area contributed by atoms with Crippen LogP contribution in [0.15, 0.2) is 78.9 Å². The van der Waals surface area contributed by atoms with Crippen LogP contribution < -0.4 is 15.4 Å². The van der Waals surface area contributed by atoms with Crippen LogP contribution in [0.1, 0.15) is 20.7 Å². The molecule has 0 aliphatic rings. The summed E-state index contributed by atoms with van der Waals surface area (Å²) >= 11 is 0. The minimum Gasteiger partial charge on any atom is -0.497 e. The van der Waals surface area contributed by atoms with Gasteiger partial charge in [0.05, 0.1) is 7.11 Å². The monoisotopic (exact) mass is 346 g/mol. The average molecular weight is 346 g/mol. The molecule has 26 heavy (non-hydrogen) atoms. The summed E-state index contributed by atoms with van der Waals surface area (Å²) in [6, 6.07) is 22.8. The molecule has 0 heterocycles. The summed E-state index contributed by atoms with van der Waals surface area (Å²) in [7, 11) is 1.56. The van der Waals surface area contributed by atoms with Gasteiger partial charge in [0.1, 0.15) is 5.75 Å². The maximum absolute atomic E-state index is 12.3. The molecule has 0 bridgehead atoms. The van der Waals surface area contributed by atoms with Crippen LogP contribution in [0.2, 0.25) is 0 Å². The van der Waals surface area contributed by atoms with Crippen molar-refractivity contribution in [2.45, 2.75) is 0 Å². The van der Waals surface area contributed by atoms with Crippen LogP contribution in [0.3, 0.4) is 0 Å². The third-order valence-electron chi connectivity index (χ3n) is 3.77. The molecule has 3 aromatic carbocycles. The molecule has 0 unspecified atom stereocenters. The fourth-order valence-corrected chi connectivity index (χ4v) is 2.40. The first-order valence-corrected chi connectivity index (χ1v) is 8.07. The zero-order chi connectivity index (χ0) is 18.4. The second-order valence-corrected chi connectivity index (χ2v) is 5.58. The Bertz CT molecular complexity index is 906. The summed E-state index contributed by atoms with van der Waals surface area (Å²) in [4.78, 5) is 24.4. The van der Waals surface area contributed by atoms with E-state index in [0.29, 0.717) is 28.3 Å². The highest BCUT2D eigenvalue weighted by molar-refractivity contribution is 6.05. The normalized spacial score (nSPS) is 10.0. The number of methoxy groups -OCH3 is 1. The van der Waals surface area contributed by atoms with E-state index in [-0.39, 0.29) is 11.8 Å². The van der Waals surface area contributed by atoms with Crippen molar-refractivity contribution in [3.63, 3.8) is 0 Å². The molecule has 3 aromatic rings. The van der Waals surface area contributed by atoms with Gasteiger partial charge in [-0.05, 0) is 54.6 Å². The molecule has 130 valence electrons. The third kappa shape index (κ3) is 4.27. The fraction of sp³-hybridized carbons (Fsp3) is 0.0476. The van der Waals surface area contributed by atoms with Gasteiger partial charge in [0.25, 0.3) is 11.8 Å². The summed E-state index contributed by atoms with van der Waals surface area (Å²) in [6.07, 6.45) is 0. The van der Waals surface area contributed by atoms with Crippen LogP contribution in [0.5, 0.6) is 5.75 Å². The van der Waals surface area contributed by atoms with Gasteiger partial charge in [-0.1, -0.05) is 24.3 Å². The van der Waals surface area contributed by atoms with Crippen LogP contribution >= 0.6 is 0 Å². The van der Waals surface area contributed by atoms with Crippen LogP contribution in [-0.4, -0.2) is 18.9 Å². The lowest BCUT2D eigenvalue weighted by molar-refractivity contribution is 0.101. The number of hydrogen-bond acceptors (Lipinski definition) is 3. The van der Waals surface area contributed by atoms with Crippen LogP contribution in [-0.2, 0) is 0 Å². The van der Waals surface area contributed by atoms with Crippen molar-refractivity contribution in [3.05, 3.63) is 90.0 Å². The van der Waals surface area contributed by atoms with Crippen molar-refractivity contribution >= 4 is 23.2 Å². The standard InChI is InChI=1S/C21H18N2O3/c1-26-19-9-5-8-16(14-19)21(25)23-18-12-10-17(11-13-18)22-20(24)15-6-3-2-4-7-15/h2-14H,1H3,(H,22,24)(H,23,25). The van der Waals surface area contributed by atoms with Crippen molar-refractivity contribution in [2.24, 2.45) is 0 Å². The van der Waals surface area contributed by atoms with Crippen molar-refractivity contribution in [2.75, 3.05) is 17.7 Å². The lowest BCUT2D eigenvalue weighted by Crippen LogP contribution is -2.13. The summed E-state index contributed by atoms with van der Waals surface area (Å²) in [5.41, 5.74) is 2.38. The predicted octanol–water partition coefficient (Wildman–Crippen LogP) is 4.20. The van der Waals surface area contributed by atoms with E-state index < -0.39 is 0 Å². The number of ether oxygens (including phenoxy) is 1. The molecule has 0 spiro atoms. The Balaban J connectivity index is 1.64. The van der Waals surface area contributed by atoms with Gasteiger partial charge in [-0.3, -0.25) is 9.59 Å². The zero-order valence-corrected chi connectivity index (χ0v) is 14.2. The molecule has 0 saturated carbocycles. The molecule has 0 saturated heterocycles. The number of amides is 2. The molecule has 3 rings (SSSR count). The molecule has 0 aromatic heterocycles. The Kier molecular flexibility index (Phi) is 5.29. The first-order valence-electron chi connectivity index (χ1n) is 8.07. The van der Waals surface area contributed by atoms with Crippen molar-refractivity contribution < 1.29 is 14.3 Å². The van der Waals surface area contributed by atoms with Crippen LogP contribution in [0.4, 0.5) is 11.4 Å². The average Bonchev–Trinajstić information content (AvgIpc) is 2.70.